The van der Waals surface area contributed by atoms with E-state index >= 15 is 0 Å². The predicted octanol–water partition coefficient (Wildman–Crippen LogP) is 4.47. The number of allylic oxidation sites excluding steroid dienone is 3. The fourth-order valence-electron chi connectivity index (χ4n) is 1.54. The van der Waals surface area contributed by atoms with Crippen molar-refractivity contribution in [2.45, 2.75) is 60.2 Å². The minimum atomic E-state index is -0.0802. The lowest BCUT2D eigenvalue weighted by Crippen LogP contribution is -2.16. The molecule has 0 rings (SSSR count). The second-order valence-corrected chi connectivity index (χ2v) is 4.45. The first-order valence-corrected chi connectivity index (χ1v) is 6.62. The van der Waals surface area contributed by atoms with Crippen molar-refractivity contribution in [3.05, 3.63) is 23.3 Å². The van der Waals surface area contributed by atoms with Crippen molar-refractivity contribution in [3.8, 4) is 0 Å². The molecule has 17 heavy (non-hydrogen) atoms. The van der Waals surface area contributed by atoms with Gasteiger partial charge >= 0.3 is 0 Å². The van der Waals surface area contributed by atoms with Gasteiger partial charge in [0.25, 0.3) is 0 Å². The molecule has 0 unspecified atom stereocenters. The molecule has 0 aliphatic heterocycles. The van der Waals surface area contributed by atoms with Gasteiger partial charge in [-0.2, -0.15) is 0 Å². The molecule has 0 atom stereocenters. The summed E-state index contributed by atoms with van der Waals surface area (Å²) in [5.41, 5.74) is 2.80. The third-order valence-corrected chi connectivity index (χ3v) is 2.46. The maximum atomic E-state index is 5.50. The van der Waals surface area contributed by atoms with Crippen LogP contribution in [-0.2, 0) is 9.47 Å². The van der Waals surface area contributed by atoms with Crippen LogP contribution in [0.3, 0.4) is 0 Å². The lowest BCUT2D eigenvalue weighted by Gasteiger charge is -2.15. The quantitative estimate of drug-likeness (QED) is 0.437. The van der Waals surface area contributed by atoms with E-state index in [9.17, 15) is 0 Å². The third kappa shape index (κ3) is 10.3. The molecule has 0 aliphatic carbocycles. The standard InChI is InChI=1S/C15H28O2/c1-6-16-15(17-7-2)12-11-14(5)10-8-9-13(3)4/h9,11,15H,6-8,10,12H2,1-5H3/b14-11+. The van der Waals surface area contributed by atoms with Crippen LogP contribution in [0.15, 0.2) is 23.3 Å². The van der Waals surface area contributed by atoms with Crippen molar-refractivity contribution in [1.29, 1.82) is 0 Å². The molecular formula is C15H28O2. The molecule has 100 valence electrons. The first-order valence-electron chi connectivity index (χ1n) is 6.62. The van der Waals surface area contributed by atoms with Gasteiger partial charge in [0.2, 0.25) is 0 Å². The summed E-state index contributed by atoms with van der Waals surface area (Å²) in [7, 11) is 0. The molecule has 0 amide bonds. The van der Waals surface area contributed by atoms with Crippen LogP contribution in [0.4, 0.5) is 0 Å². The second kappa shape index (κ2) is 10.5. The van der Waals surface area contributed by atoms with Gasteiger partial charge in [0, 0.05) is 19.6 Å². The number of hydrogen-bond acceptors (Lipinski definition) is 2. The van der Waals surface area contributed by atoms with Gasteiger partial charge in [-0.1, -0.05) is 23.3 Å². The van der Waals surface area contributed by atoms with E-state index < -0.39 is 0 Å². The normalized spacial score (nSPS) is 12.0. The van der Waals surface area contributed by atoms with Crippen molar-refractivity contribution in [3.63, 3.8) is 0 Å². The third-order valence-electron chi connectivity index (χ3n) is 2.46. The van der Waals surface area contributed by atoms with Crippen molar-refractivity contribution < 1.29 is 9.47 Å². The van der Waals surface area contributed by atoms with Gasteiger partial charge in [-0.15, -0.1) is 0 Å². The molecule has 0 aliphatic rings. The zero-order chi connectivity index (χ0) is 13.1. The Morgan fingerprint density at radius 2 is 1.59 bits per heavy atom. The molecule has 2 nitrogen and oxygen atoms in total. The molecule has 0 saturated carbocycles. The molecule has 0 aromatic carbocycles. The van der Waals surface area contributed by atoms with Gasteiger partial charge in [0.05, 0.1) is 0 Å². The number of hydrogen-bond donors (Lipinski definition) is 0. The van der Waals surface area contributed by atoms with E-state index in [2.05, 4.69) is 32.9 Å². The number of rotatable bonds is 9. The molecular weight excluding hydrogens is 212 g/mol. The van der Waals surface area contributed by atoms with Gasteiger partial charge in [-0.05, 0) is 47.5 Å². The lowest BCUT2D eigenvalue weighted by molar-refractivity contribution is -0.133. The van der Waals surface area contributed by atoms with Gasteiger partial charge in [-0.3, -0.25) is 0 Å². The molecule has 0 heterocycles. The number of ether oxygens (including phenoxy) is 2. The van der Waals surface area contributed by atoms with Crippen LogP contribution in [0.2, 0.25) is 0 Å². The highest BCUT2D eigenvalue weighted by Crippen LogP contribution is 2.10. The van der Waals surface area contributed by atoms with Crippen LogP contribution in [0.1, 0.15) is 53.9 Å². The first-order chi connectivity index (χ1) is 8.10. The summed E-state index contributed by atoms with van der Waals surface area (Å²) < 4.78 is 11.0. The van der Waals surface area contributed by atoms with Crippen LogP contribution in [-0.4, -0.2) is 19.5 Å². The first kappa shape index (κ1) is 16.4. The average Bonchev–Trinajstić information content (AvgIpc) is 2.26. The summed E-state index contributed by atoms with van der Waals surface area (Å²) in [5, 5.41) is 0. The van der Waals surface area contributed by atoms with E-state index in [0.29, 0.717) is 13.2 Å². The molecule has 0 aromatic rings. The molecule has 0 aromatic heterocycles. The van der Waals surface area contributed by atoms with Crippen LogP contribution in [0, 0.1) is 0 Å². The van der Waals surface area contributed by atoms with Crippen molar-refractivity contribution in [2.75, 3.05) is 13.2 Å². The van der Waals surface area contributed by atoms with Crippen molar-refractivity contribution >= 4 is 0 Å². The summed E-state index contributed by atoms with van der Waals surface area (Å²) in [6, 6.07) is 0. The monoisotopic (exact) mass is 240 g/mol. The Kier molecular flexibility index (Phi) is 10.2. The highest BCUT2D eigenvalue weighted by Gasteiger charge is 2.05. The molecule has 0 radical (unpaired) electrons. The lowest BCUT2D eigenvalue weighted by atomic mass is 10.1. The maximum Gasteiger partial charge on any atom is 0.160 e. The molecule has 0 saturated heterocycles. The molecule has 0 fully saturated rings. The summed E-state index contributed by atoms with van der Waals surface area (Å²) >= 11 is 0. The average molecular weight is 240 g/mol. The van der Waals surface area contributed by atoms with E-state index in [1.807, 2.05) is 13.8 Å². The fraction of sp³-hybridized carbons (Fsp3) is 0.733. The summed E-state index contributed by atoms with van der Waals surface area (Å²) in [6.07, 6.45) is 7.52. The smallest absolute Gasteiger partial charge is 0.160 e. The zero-order valence-corrected chi connectivity index (χ0v) is 12.1. The summed E-state index contributed by atoms with van der Waals surface area (Å²) in [6.45, 7) is 11.9. The highest BCUT2D eigenvalue weighted by molar-refractivity contribution is 5.02. The zero-order valence-electron chi connectivity index (χ0n) is 12.1. The van der Waals surface area contributed by atoms with E-state index in [0.717, 1.165) is 19.3 Å². The minimum absolute atomic E-state index is 0.0802. The fourth-order valence-corrected chi connectivity index (χ4v) is 1.54. The molecule has 0 N–H and O–H groups in total. The van der Waals surface area contributed by atoms with Gasteiger partial charge in [0.1, 0.15) is 0 Å². The predicted molar refractivity (Wildman–Crippen MR) is 74.1 cm³/mol. The van der Waals surface area contributed by atoms with E-state index in [-0.39, 0.29) is 6.29 Å². The Bertz CT molecular complexity index is 231. The van der Waals surface area contributed by atoms with Gasteiger partial charge in [-0.25, -0.2) is 0 Å². The van der Waals surface area contributed by atoms with E-state index in [1.54, 1.807) is 0 Å². The van der Waals surface area contributed by atoms with Gasteiger partial charge in [0.15, 0.2) is 6.29 Å². The van der Waals surface area contributed by atoms with Crippen LogP contribution in [0.25, 0.3) is 0 Å². The summed E-state index contributed by atoms with van der Waals surface area (Å²) in [5.74, 6) is 0. The van der Waals surface area contributed by atoms with Crippen molar-refractivity contribution in [1.82, 2.24) is 0 Å². The minimum Gasteiger partial charge on any atom is -0.353 e. The maximum absolute atomic E-state index is 5.50. The summed E-state index contributed by atoms with van der Waals surface area (Å²) in [4.78, 5) is 0. The SMILES string of the molecule is CCOC(C/C=C(\C)CCC=C(C)C)OCC. The molecule has 0 bridgehead atoms. The van der Waals surface area contributed by atoms with E-state index in [1.165, 1.54) is 11.1 Å². The molecule has 0 spiro atoms. The van der Waals surface area contributed by atoms with E-state index in [4.69, 9.17) is 9.47 Å². The Hall–Kier alpha value is -0.600. The van der Waals surface area contributed by atoms with Crippen LogP contribution in [0.5, 0.6) is 0 Å². The largest absolute Gasteiger partial charge is 0.353 e. The molecule has 2 heteroatoms. The van der Waals surface area contributed by atoms with Crippen molar-refractivity contribution in [2.24, 2.45) is 0 Å². The topological polar surface area (TPSA) is 18.5 Å². The van der Waals surface area contributed by atoms with Gasteiger partial charge < -0.3 is 9.47 Å². The highest BCUT2D eigenvalue weighted by atomic mass is 16.7. The Morgan fingerprint density at radius 1 is 1.00 bits per heavy atom. The van der Waals surface area contributed by atoms with Crippen LogP contribution < -0.4 is 0 Å². The Morgan fingerprint density at radius 3 is 2.06 bits per heavy atom. The Balaban J connectivity index is 3.96. The Labute approximate surface area is 107 Å². The van der Waals surface area contributed by atoms with Crippen LogP contribution >= 0.6 is 0 Å². The second-order valence-electron chi connectivity index (χ2n) is 4.45.